The van der Waals surface area contributed by atoms with Gasteiger partial charge in [0.15, 0.2) is 0 Å². The number of rotatable bonds is 5. The standard InChI is InChI=1S/C14H16ClN3S/c1-2-4-11-8-13(16)18-14(17-11)9-19-12-6-3-5-10(15)7-12/h3,5-8H,2,4,9H2,1H3,(H2,16,17,18). The summed E-state index contributed by atoms with van der Waals surface area (Å²) in [7, 11) is 0. The highest BCUT2D eigenvalue weighted by Gasteiger charge is 2.04. The number of aryl methyl sites for hydroxylation is 1. The smallest absolute Gasteiger partial charge is 0.141 e. The van der Waals surface area contributed by atoms with E-state index >= 15 is 0 Å². The van der Waals surface area contributed by atoms with E-state index in [1.54, 1.807) is 11.8 Å². The fraction of sp³-hybridized carbons (Fsp3) is 0.286. The second kappa shape index (κ2) is 6.78. The maximum atomic E-state index is 5.95. The van der Waals surface area contributed by atoms with Gasteiger partial charge in [-0.25, -0.2) is 9.97 Å². The Morgan fingerprint density at radius 2 is 2.11 bits per heavy atom. The fourth-order valence-electron chi connectivity index (χ4n) is 1.73. The van der Waals surface area contributed by atoms with E-state index in [0.29, 0.717) is 11.6 Å². The monoisotopic (exact) mass is 293 g/mol. The molecule has 5 heteroatoms. The van der Waals surface area contributed by atoms with Gasteiger partial charge in [-0.2, -0.15) is 0 Å². The lowest BCUT2D eigenvalue weighted by Gasteiger charge is -2.05. The van der Waals surface area contributed by atoms with Gasteiger partial charge < -0.3 is 5.73 Å². The van der Waals surface area contributed by atoms with E-state index in [0.717, 1.165) is 34.3 Å². The summed E-state index contributed by atoms with van der Waals surface area (Å²) in [5.74, 6) is 2.01. The molecule has 2 N–H and O–H groups in total. The van der Waals surface area contributed by atoms with Crippen molar-refractivity contribution in [2.45, 2.75) is 30.4 Å². The molecule has 19 heavy (non-hydrogen) atoms. The minimum atomic E-state index is 0.542. The van der Waals surface area contributed by atoms with E-state index in [-0.39, 0.29) is 0 Å². The van der Waals surface area contributed by atoms with Gasteiger partial charge in [0.05, 0.1) is 5.75 Å². The molecule has 100 valence electrons. The lowest BCUT2D eigenvalue weighted by molar-refractivity contribution is 0.856. The molecule has 0 bridgehead atoms. The molecule has 1 aromatic carbocycles. The Balaban J connectivity index is 2.06. The molecule has 3 nitrogen and oxygen atoms in total. The Bertz CT molecular complexity index is 560. The first-order chi connectivity index (χ1) is 9.17. The number of thioether (sulfide) groups is 1. The van der Waals surface area contributed by atoms with Gasteiger partial charge in [0.1, 0.15) is 11.6 Å². The molecule has 1 aromatic heterocycles. The number of nitrogens with zero attached hydrogens (tertiary/aromatic N) is 2. The van der Waals surface area contributed by atoms with Crippen molar-refractivity contribution in [2.75, 3.05) is 5.73 Å². The van der Waals surface area contributed by atoms with Crippen molar-refractivity contribution in [3.05, 3.63) is 46.9 Å². The first-order valence-electron chi connectivity index (χ1n) is 6.18. The van der Waals surface area contributed by atoms with Gasteiger partial charge in [0.2, 0.25) is 0 Å². The van der Waals surface area contributed by atoms with Crippen LogP contribution in [-0.4, -0.2) is 9.97 Å². The third-order valence-corrected chi connectivity index (χ3v) is 3.74. The van der Waals surface area contributed by atoms with Crippen LogP contribution in [0.5, 0.6) is 0 Å². The van der Waals surface area contributed by atoms with Crippen molar-refractivity contribution in [3.63, 3.8) is 0 Å². The van der Waals surface area contributed by atoms with Crippen molar-refractivity contribution in [1.29, 1.82) is 0 Å². The number of anilines is 1. The molecule has 0 aliphatic carbocycles. The second-order valence-corrected chi connectivity index (χ2v) is 5.68. The van der Waals surface area contributed by atoms with Gasteiger partial charge in [0, 0.05) is 21.7 Å². The predicted molar refractivity (Wildman–Crippen MR) is 81.5 cm³/mol. The molecule has 0 spiro atoms. The number of halogens is 1. The zero-order chi connectivity index (χ0) is 13.7. The number of hydrogen-bond donors (Lipinski definition) is 1. The molecular weight excluding hydrogens is 278 g/mol. The first kappa shape index (κ1) is 14.2. The summed E-state index contributed by atoms with van der Waals surface area (Å²) in [6.07, 6.45) is 1.99. The summed E-state index contributed by atoms with van der Waals surface area (Å²) in [5.41, 5.74) is 6.81. The number of benzene rings is 1. The molecule has 2 rings (SSSR count). The highest BCUT2D eigenvalue weighted by atomic mass is 35.5. The maximum Gasteiger partial charge on any atom is 0.141 e. The van der Waals surface area contributed by atoms with E-state index in [1.807, 2.05) is 30.3 Å². The highest BCUT2D eigenvalue weighted by Crippen LogP contribution is 2.24. The lowest BCUT2D eigenvalue weighted by atomic mass is 10.2. The van der Waals surface area contributed by atoms with Gasteiger partial charge in [-0.1, -0.05) is 31.0 Å². The van der Waals surface area contributed by atoms with E-state index in [9.17, 15) is 0 Å². The summed E-state index contributed by atoms with van der Waals surface area (Å²) in [6, 6.07) is 9.60. The number of nitrogen functional groups attached to an aromatic ring is 1. The third kappa shape index (κ3) is 4.40. The Kier molecular flexibility index (Phi) is 5.05. The van der Waals surface area contributed by atoms with Gasteiger partial charge >= 0.3 is 0 Å². The molecule has 0 amide bonds. The zero-order valence-electron chi connectivity index (χ0n) is 10.8. The van der Waals surface area contributed by atoms with Crippen LogP contribution < -0.4 is 5.73 Å². The second-order valence-electron chi connectivity index (χ2n) is 4.20. The van der Waals surface area contributed by atoms with Crippen LogP contribution in [0, 0.1) is 0 Å². The molecule has 0 aliphatic heterocycles. The summed E-state index contributed by atoms with van der Waals surface area (Å²) >= 11 is 7.61. The third-order valence-electron chi connectivity index (χ3n) is 2.52. The topological polar surface area (TPSA) is 51.8 Å². The summed E-state index contributed by atoms with van der Waals surface area (Å²) in [6.45, 7) is 2.12. The minimum absolute atomic E-state index is 0.542. The molecule has 0 fully saturated rings. The Hall–Kier alpha value is -1.26. The molecule has 0 unspecified atom stereocenters. The normalized spacial score (nSPS) is 10.6. The van der Waals surface area contributed by atoms with Crippen molar-refractivity contribution in [1.82, 2.24) is 9.97 Å². The van der Waals surface area contributed by atoms with Crippen LogP contribution in [-0.2, 0) is 12.2 Å². The van der Waals surface area contributed by atoms with Crippen LogP contribution in [0.15, 0.2) is 35.2 Å². The molecule has 0 saturated heterocycles. The van der Waals surface area contributed by atoms with Gasteiger partial charge in [-0.15, -0.1) is 11.8 Å². The SMILES string of the molecule is CCCc1cc(N)nc(CSc2cccc(Cl)c2)n1. The molecular formula is C14H16ClN3S. The number of hydrogen-bond acceptors (Lipinski definition) is 4. The van der Waals surface area contributed by atoms with Gasteiger partial charge in [0.25, 0.3) is 0 Å². The van der Waals surface area contributed by atoms with Crippen molar-refractivity contribution in [2.24, 2.45) is 0 Å². The predicted octanol–water partition coefficient (Wildman–Crippen LogP) is 3.96. The highest BCUT2D eigenvalue weighted by molar-refractivity contribution is 7.98. The molecule has 1 heterocycles. The fourth-order valence-corrected chi connectivity index (χ4v) is 2.79. The Morgan fingerprint density at radius 1 is 1.26 bits per heavy atom. The molecule has 2 aromatic rings. The molecule has 0 radical (unpaired) electrons. The first-order valence-corrected chi connectivity index (χ1v) is 7.54. The van der Waals surface area contributed by atoms with Crippen LogP contribution in [0.3, 0.4) is 0 Å². The van der Waals surface area contributed by atoms with Crippen LogP contribution in [0.25, 0.3) is 0 Å². The average molecular weight is 294 g/mol. The number of aromatic nitrogens is 2. The average Bonchev–Trinajstić information content (AvgIpc) is 2.36. The summed E-state index contributed by atoms with van der Waals surface area (Å²) in [4.78, 5) is 9.89. The van der Waals surface area contributed by atoms with E-state index in [2.05, 4.69) is 16.9 Å². The largest absolute Gasteiger partial charge is 0.384 e. The minimum Gasteiger partial charge on any atom is -0.384 e. The van der Waals surface area contributed by atoms with Gasteiger partial charge in [-0.3, -0.25) is 0 Å². The maximum absolute atomic E-state index is 5.95. The van der Waals surface area contributed by atoms with Crippen LogP contribution >= 0.6 is 23.4 Å². The van der Waals surface area contributed by atoms with E-state index < -0.39 is 0 Å². The van der Waals surface area contributed by atoms with Crippen LogP contribution in [0.2, 0.25) is 5.02 Å². The van der Waals surface area contributed by atoms with Crippen molar-refractivity contribution < 1.29 is 0 Å². The number of nitrogens with two attached hydrogens (primary N) is 1. The summed E-state index contributed by atoms with van der Waals surface area (Å²) in [5, 5.41) is 0.741. The molecule has 0 saturated carbocycles. The van der Waals surface area contributed by atoms with Gasteiger partial charge in [-0.05, 0) is 24.6 Å². The molecule has 0 atom stereocenters. The van der Waals surface area contributed by atoms with Crippen molar-refractivity contribution in [3.8, 4) is 0 Å². The zero-order valence-corrected chi connectivity index (χ0v) is 12.3. The Morgan fingerprint density at radius 3 is 2.84 bits per heavy atom. The van der Waals surface area contributed by atoms with Crippen LogP contribution in [0.4, 0.5) is 5.82 Å². The Labute approximate surface area is 122 Å². The summed E-state index contributed by atoms with van der Waals surface area (Å²) < 4.78 is 0. The quantitative estimate of drug-likeness (QED) is 0.848. The lowest BCUT2D eigenvalue weighted by Crippen LogP contribution is -2.02. The van der Waals surface area contributed by atoms with Crippen LogP contribution in [0.1, 0.15) is 24.9 Å². The van der Waals surface area contributed by atoms with Crippen molar-refractivity contribution >= 4 is 29.2 Å². The van der Waals surface area contributed by atoms with E-state index in [1.165, 1.54) is 0 Å². The molecule has 0 aliphatic rings. The van der Waals surface area contributed by atoms with E-state index in [4.69, 9.17) is 17.3 Å².